The third kappa shape index (κ3) is 4.54. The lowest BCUT2D eigenvalue weighted by atomic mass is 10.00. The van der Waals surface area contributed by atoms with E-state index in [1.54, 1.807) is 22.4 Å². The first kappa shape index (κ1) is 18.2. The Hall–Kier alpha value is -2.55. The Kier molecular flexibility index (Phi) is 5.77. The second-order valence-electron chi connectivity index (χ2n) is 6.77. The molecular formula is C17H25N7O2. The predicted octanol–water partition coefficient (Wildman–Crippen LogP) is -0.119. The van der Waals surface area contributed by atoms with E-state index in [-0.39, 0.29) is 11.6 Å². The number of piperidine rings is 1. The zero-order valence-electron chi connectivity index (χ0n) is 15.2. The minimum atomic E-state index is -0.302. The molecule has 9 heteroatoms. The number of rotatable bonds is 6. The first-order chi connectivity index (χ1) is 12.5. The molecule has 1 saturated heterocycles. The molecule has 0 spiro atoms. The Balaban J connectivity index is 1.52. The van der Waals surface area contributed by atoms with E-state index in [4.69, 9.17) is 0 Å². The molecule has 2 N–H and O–H groups in total. The molecule has 1 fully saturated rings. The van der Waals surface area contributed by atoms with Crippen LogP contribution in [-0.2, 0) is 13.1 Å². The van der Waals surface area contributed by atoms with Gasteiger partial charge in [-0.1, -0.05) is 5.21 Å². The number of hydrogen-bond acceptors (Lipinski definition) is 6. The van der Waals surface area contributed by atoms with Crippen LogP contribution in [0.5, 0.6) is 0 Å². The molecule has 2 aromatic heterocycles. The molecule has 9 nitrogen and oxygen atoms in total. The number of hydrogen-bond donors (Lipinski definition) is 2. The van der Waals surface area contributed by atoms with Gasteiger partial charge in [0.25, 0.3) is 5.91 Å². The van der Waals surface area contributed by atoms with Gasteiger partial charge in [0.2, 0.25) is 0 Å². The van der Waals surface area contributed by atoms with Gasteiger partial charge in [0, 0.05) is 31.0 Å². The molecule has 2 aromatic rings. The number of aromatic nitrogens is 5. The number of nitrogens with one attached hydrogen (secondary N) is 2. The van der Waals surface area contributed by atoms with Gasteiger partial charge < -0.3 is 10.6 Å². The molecule has 140 valence electrons. The van der Waals surface area contributed by atoms with E-state index in [2.05, 4.69) is 25.9 Å². The Labute approximate surface area is 151 Å². The SMILES string of the molecule is Cc1cc(C)n(CCNC(=O)c2cn(C[C@@H]3CCCNC3)nn2)c(=O)n1. The van der Waals surface area contributed by atoms with Gasteiger partial charge in [0.1, 0.15) is 0 Å². The summed E-state index contributed by atoms with van der Waals surface area (Å²) in [6.45, 7) is 7.13. The molecule has 3 rings (SSSR count). The van der Waals surface area contributed by atoms with Crippen LogP contribution in [0.15, 0.2) is 17.1 Å². The zero-order chi connectivity index (χ0) is 18.5. The number of aryl methyl sites for hydroxylation is 2. The first-order valence-corrected chi connectivity index (χ1v) is 8.97. The second-order valence-corrected chi connectivity index (χ2v) is 6.77. The highest BCUT2D eigenvalue weighted by molar-refractivity contribution is 5.91. The average Bonchev–Trinajstić information content (AvgIpc) is 3.06. The maximum Gasteiger partial charge on any atom is 0.348 e. The van der Waals surface area contributed by atoms with Crippen LogP contribution in [-0.4, -0.2) is 50.1 Å². The van der Waals surface area contributed by atoms with Gasteiger partial charge >= 0.3 is 5.69 Å². The van der Waals surface area contributed by atoms with Crippen molar-refractivity contribution in [2.45, 2.75) is 39.8 Å². The molecule has 26 heavy (non-hydrogen) atoms. The lowest BCUT2D eigenvalue weighted by Crippen LogP contribution is -2.33. The molecule has 0 unspecified atom stereocenters. The molecule has 0 bridgehead atoms. The van der Waals surface area contributed by atoms with Crippen LogP contribution < -0.4 is 16.3 Å². The van der Waals surface area contributed by atoms with E-state index in [9.17, 15) is 9.59 Å². The standard InChI is InChI=1S/C17H25N7O2/c1-12-8-13(2)24(17(26)20-12)7-6-19-16(25)15-11-23(22-21-15)10-14-4-3-5-18-9-14/h8,11,14,18H,3-7,9-10H2,1-2H3,(H,19,25)/t14-/m1/s1. The fourth-order valence-corrected chi connectivity index (χ4v) is 3.25. The van der Waals surface area contributed by atoms with E-state index in [1.807, 2.05) is 13.0 Å². The molecule has 3 heterocycles. The summed E-state index contributed by atoms with van der Waals surface area (Å²) < 4.78 is 3.27. The summed E-state index contributed by atoms with van der Waals surface area (Å²) in [5.74, 6) is 0.231. The summed E-state index contributed by atoms with van der Waals surface area (Å²) in [6.07, 6.45) is 4.00. The van der Waals surface area contributed by atoms with Crippen molar-refractivity contribution in [2.75, 3.05) is 19.6 Å². The third-order valence-electron chi connectivity index (χ3n) is 4.58. The van der Waals surface area contributed by atoms with E-state index >= 15 is 0 Å². The number of amides is 1. The van der Waals surface area contributed by atoms with Gasteiger partial charge in [0.05, 0.1) is 6.20 Å². The fraction of sp³-hybridized carbons (Fsp3) is 0.588. The van der Waals surface area contributed by atoms with Crippen molar-refractivity contribution in [3.05, 3.63) is 39.8 Å². The molecular weight excluding hydrogens is 334 g/mol. The second kappa shape index (κ2) is 8.22. The smallest absolute Gasteiger partial charge is 0.348 e. The van der Waals surface area contributed by atoms with Gasteiger partial charge in [-0.2, -0.15) is 4.98 Å². The summed E-state index contributed by atoms with van der Waals surface area (Å²) in [6, 6.07) is 1.84. The van der Waals surface area contributed by atoms with Crippen molar-refractivity contribution in [3.63, 3.8) is 0 Å². The van der Waals surface area contributed by atoms with Gasteiger partial charge in [-0.3, -0.25) is 14.0 Å². The lowest BCUT2D eigenvalue weighted by molar-refractivity contribution is 0.0947. The summed E-state index contributed by atoms with van der Waals surface area (Å²) in [5, 5.41) is 14.1. The molecule has 1 atom stereocenters. The lowest BCUT2D eigenvalue weighted by Gasteiger charge is -2.22. The van der Waals surface area contributed by atoms with Crippen LogP contribution in [0.1, 0.15) is 34.7 Å². The average molecular weight is 359 g/mol. The predicted molar refractivity (Wildman–Crippen MR) is 95.9 cm³/mol. The van der Waals surface area contributed by atoms with Crippen molar-refractivity contribution in [2.24, 2.45) is 5.92 Å². The van der Waals surface area contributed by atoms with Gasteiger partial charge in [-0.25, -0.2) is 4.79 Å². The molecule has 0 saturated carbocycles. The van der Waals surface area contributed by atoms with Gasteiger partial charge in [0.15, 0.2) is 5.69 Å². The monoisotopic (exact) mass is 359 g/mol. The number of carbonyl (C=O) groups excluding carboxylic acids is 1. The van der Waals surface area contributed by atoms with E-state index in [0.717, 1.165) is 31.7 Å². The van der Waals surface area contributed by atoms with Crippen LogP contribution in [0, 0.1) is 19.8 Å². The fourth-order valence-electron chi connectivity index (χ4n) is 3.25. The van der Waals surface area contributed by atoms with Crippen molar-refractivity contribution in [1.29, 1.82) is 0 Å². The zero-order valence-corrected chi connectivity index (χ0v) is 15.2. The van der Waals surface area contributed by atoms with E-state index in [1.165, 1.54) is 6.42 Å². The molecule has 0 aromatic carbocycles. The Morgan fingerprint density at radius 3 is 3.00 bits per heavy atom. The summed E-state index contributed by atoms with van der Waals surface area (Å²) >= 11 is 0. The number of carbonyl (C=O) groups is 1. The minimum absolute atomic E-state index is 0.288. The number of nitrogens with zero attached hydrogens (tertiary/aromatic N) is 5. The Morgan fingerprint density at radius 2 is 2.27 bits per heavy atom. The largest absolute Gasteiger partial charge is 0.349 e. The molecule has 1 aliphatic rings. The molecule has 1 amide bonds. The molecule has 1 aliphatic heterocycles. The highest BCUT2D eigenvalue weighted by atomic mass is 16.2. The minimum Gasteiger partial charge on any atom is -0.349 e. The van der Waals surface area contributed by atoms with Crippen molar-refractivity contribution < 1.29 is 4.79 Å². The third-order valence-corrected chi connectivity index (χ3v) is 4.58. The maximum absolute atomic E-state index is 12.2. The summed E-state index contributed by atoms with van der Waals surface area (Å²) in [7, 11) is 0. The molecule has 0 radical (unpaired) electrons. The van der Waals surface area contributed by atoms with Crippen molar-refractivity contribution >= 4 is 5.91 Å². The Morgan fingerprint density at radius 1 is 1.42 bits per heavy atom. The normalized spacial score (nSPS) is 17.2. The van der Waals surface area contributed by atoms with Crippen molar-refractivity contribution in [1.82, 2.24) is 35.2 Å². The van der Waals surface area contributed by atoms with E-state index in [0.29, 0.717) is 30.4 Å². The van der Waals surface area contributed by atoms with Crippen LogP contribution in [0.2, 0.25) is 0 Å². The Bertz CT molecular complexity index is 821. The van der Waals surface area contributed by atoms with Crippen LogP contribution in [0.3, 0.4) is 0 Å². The quantitative estimate of drug-likeness (QED) is 0.745. The van der Waals surface area contributed by atoms with E-state index < -0.39 is 0 Å². The van der Waals surface area contributed by atoms with Crippen molar-refractivity contribution in [3.8, 4) is 0 Å². The first-order valence-electron chi connectivity index (χ1n) is 8.97. The van der Waals surface area contributed by atoms with Crippen LogP contribution in [0.4, 0.5) is 0 Å². The summed E-state index contributed by atoms with van der Waals surface area (Å²) in [5.41, 5.74) is 1.50. The highest BCUT2D eigenvalue weighted by Crippen LogP contribution is 2.11. The van der Waals surface area contributed by atoms with Crippen LogP contribution >= 0.6 is 0 Å². The van der Waals surface area contributed by atoms with Crippen LogP contribution in [0.25, 0.3) is 0 Å². The maximum atomic E-state index is 12.2. The van der Waals surface area contributed by atoms with Gasteiger partial charge in [-0.05, 0) is 51.8 Å². The van der Waals surface area contributed by atoms with Gasteiger partial charge in [-0.15, -0.1) is 5.10 Å². The summed E-state index contributed by atoms with van der Waals surface area (Å²) in [4.78, 5) is 28.0. The molecule has 0 aliphatic carbocycles. The topological polar surface area (TPSA) is 107 Å². The highest BCUT2D eigenvalue weighted by Gasteiger charge is 2.16.